The van der Waals surface area contributed by atoms with Crippen molar-refractivity contribution in [3.8, 4) is 0 Å². The van der Waals surface area contributed by atoms with Crippen LogP contribution in [0.4, 0.5) is 0 Å². The Labute approximate surface area is 161 Å². The number of thioether (sulfide) groups is 2. The lowest BCUT2D eigenvalue weighted by Crippen LogP contribution is -2.32. The van der Waals surface area contributed by atoms with Gasteiger partial charge in [-0.05, 0) is 31.9 Å². The monoisotopic (exact) mass is 399 g/mol. The zero-order chi connectivity index (χ0) is 18.2. The van der Waals surface area contributed by atoms with Crippen molar-refractivity contribution in [3.63, 3.8) is 0 Å². The fourth-order valence-electron chi connectivity index (χ4n) is 2.21. The van der Waals surface area contributed by atoms with Crippen LogP contribution in [-0.4, -0.2) is 50.3 Å². The lowest BCUT2D eigenvalue weighted by molar-refractivity contribution is -0.127. The highest BCUT2D eigenvalue weighted by molar-refractivity contribution is 8.00. The Morgan fingerprint density at radius 1 is 1.20 bits per heavy atom. The Balaban J connectivity index is 1.86. The molecule has 0 atom stereocenters. The molecule has 2 aromatic rings. The van der Waals surface area contributed by atoms with E-state index in [0.29, 0.717) is 29.2 Å². The summed E-state index contributed by atoms with van der Waals surface area (Å²) in [6.45, 7) is 5.33. The fraction of sp³-hybridized carbons (Fsp3) is 0.438. The number of hydrogen-bond acceptors (Lipinski definition) is 6. The number of aromatic nitrogens is 3. The minimum absolute atomic E-state index is 0.0749. The van der Waals surface area contributed by atoms with Crippen LogP contribution in [0.15, 0.2) is 34.6 Å². The first-order valence-corrected chi connectivity index (χ1v) is 10.4. The van der Waals surface area contributed by atoms with Gasteiger partial charge < -0.3 is 10.7 Å². The summed E-state index contributed by atoms with van der Waals surface area (Å²) >= 11 is 8.98. The molecule has 2 rings (SSSR count). The summed E-state index contributed by atoms with van der Waals surface area (Å²) in [5.74, 6) is 7.21. The number of nitrogens with two attached hydrogens (primary N) is 1. The van der Waals surface area contributed by atoms with Gasteiger partial charge in [-0.25, -0.2) is 4.68 Å². The molecule has 25 heavy (non-hydrogen) atoms. The van der Waals surface area contributed by atoms with Crippen molar-refractivity contribution in [1.29, 1.82) is 0 Å². The first-order chi connectivity index (χ1) is 12.1. The second kappa shape index (κ2) is 9.94. The van der Waals surface area contributed by atoms with Gasteiger partial charge in [0, 0.05) is 23.9 Å². The third-order valence-electron chi connectivity index (χ3n) is 3.63. The van der Waals surface area contributed by atoms with Crippen LogP contribution in [-0.2, 0) is 11.2 Å². The zero-order valence-electron chi connectivity index (χ0n) is 14.3. The quantitative estimate of drug-likeness (QED) is 0.516. The van der Waals surface area contributed by atoms with E-state index in [1.165, 1.54) is 28.2 Å². The van der Waals surface area contributed by atoms with E-state index in [0.717, 1.165) is 22.8 Å². The predicted molar refractivity (Wildman–Crippen MR) is 105 cm³/mol. The van der Waals surface area contributed by atoms with E-state index < -0.39 is 0 Å². The number of halogens is 1. The molecule has 0 saturated carbocycles. The summed E-state index contributed by atoms with van der Waals surface area (Å²) in [5, 5.41) is 10.1. The standard InChI is InChI=1S/C16H22ClN5OS2/c1-3-21(4-2)14(23)11-25-16-20-19-15(22(16)18)24-10-9-12-7-5-6-8-13(12)17/h5-8H,3-4,9-11,18H2,1-2H3. The number of aryl methyl sites for hydroxylation is 1. The Morgan fingerprint density at radius 2 is 1.84 bits per heavy atom. The summed E-state index contributed by atoms with van der Waals surface area (Å²) in [5.41, 5.74) is 1.10. The summed E-state index contributed by atoms with van der Waals surface area (Å²) in [4.78, 5) is 13.8. The molecule has 0 bridgehead atoms. The van der Waals surface area contributed by atoms with E-state index >= 15 is 0 Å². The number of benzene rings is 1. The largest absolute Gasteiger partial charge is 0.343 e. The summed E-state index contributed by atoms with van der Waals surface area (Å²) in [6, 6.07) is 7.78. The Morgan fingerprint density at radius 3 is 2.48 bits per heavy atom. The van der Waals surface area contributed by atoms with Crippen molar-refractivity contribution >= 4 is 41.0 Å². The van der Waals surface area contributed by atoms with Gasteiger partial charge in [-0.2, -0.15) is 0 Å². The normalized spacial score (nSPS) is 10.8. The first-order valence-electron chi connectivity index (χ1n) is 8.04. The van der Waals surface area contributed by atoms with Crippen LogP contribution < -0.4 is 5.84 Å². The number of rotatable bonds is 9. The summed E-state index contributed by atoms with van der Waals surface area (Å²) in [6.07, 6.45) is 0.820. The van der Waals surface area contributed by atoms with Gasteiger partial charge in [-0.15, -0.1) is 10.2 Å². The molecule has 6 nitrogen and oxygen atoms in total. The molecule has 0 aliphatic heterocycles. The van der Waals surface area contributed by atoms with Gasteiger partial charge in [0.1, 0.15) is 0 Å². The molecule has 1 aromatic carbocycles. The second-order valence-corrected chi connectivity index (χ2v) is 7.59. The van der Waals surface area contributed by atoms with Crippen molar-refractivity contribution in [2.45, 2.75) is 30.6 Å². The molecule has 0 aliphatic carbocycles. The molecule has 0 saturated heterocycles. The summed E-state index contributed by atoms with van der Waals surface area (Å²) < 4.78 is 1.44. The zero-order valence-corrected chi connectivity index (χ0v) is 16.7. The lowest BCUT2D eigenvalue weighted by atomic mass is 10.2. The van der Waals surface area contributed by atoms with Crippen LogP contribution in [0.1, 0.15) is 19.4 Å². The molecule has 0 spiro atoms. The van der Waals surface area contributed by atoms with Gasteiger partial charge in [-0.3, -0.25) is 4.79 Å². The van der Waals surface area contributed by atoms with E-state index in [-0.39, 0.29) is 5.91 Å². The van der Waals surface area contributed by atoms with Gasteiger partial charge in [-0.1, -0.05) is 53.3 Å². The molecule has 2 N–H and O–H groups in total. The third kappa shape index (κ3) is 5.55. The first kappa shape index (κ1) is 19.9. The smallest absolute Gasteiger partial charge is 0.233 e. The molecule has 1 aromatic heterocycles. The van der Waals surface area contributed by atoms with Crippen LogP contribution in [0.3, 0.4) is 0 Å². The maximum absolute atomic E-state index is 12.0. The average molecular weight is 400 g/mol. The van der Waals surface area contributed by atoms with Crippen LogP contribution in [0.25, 0.3) is 0 Å². The Bertz CT molecular complexity index is 706. The van der Waals surface area contributed by atoms with Crippen molar-refractivity contribution in [3.05, 3.63) is 34.9 Å². The predicted octanol–water partition coefficient (Wildman–Crippen LogP) is 2.94. The lowest BCUT2D eigenvalue weighted by Gasteiger charge is -2.17. The van der Waals surface area contributed by atoms with Crippen molar-refractivity contribution in [2.75, 3.05) is 30.4 Å². The second-order valence-electron chi connectivity index (χ2n) is 5.18. The molecular weight excluding hydrogens is 378 g/mol. The van der Waals surface area contributed by atoms with E-state index in [4.69, 9.17) is 17.4 Å². The van der Waals surface area contributed by atoms with Crippen molar-refractivity contribution in [2.24, 2.45) is 0 Å². The van der Waals surface area contributed by atoms with Gasteiger partial charge in [0.2, 0.25) is 16.2 Å². The van der Waals surface area contributed by atoms with E-state index in [9.17, 15) is 4.79 Å². The Kier molecular flexibility index (Phi) is 7.92. The number of amides is 1. The molecule has 1 heterocycles. The molecule has 0 fully saturated rings. The van der Waals surface area contributed by atoms with Gasteiger partial charge in [0.15, 0.2) is 0 Å². The molecule has 1 amide bonds. The van der Waals surface area contributed by atoms with Crippen LogP contribution in [0.5, 0.6) is 0 Å². The number of carbonyl (C=O) groups is 1. The Hall–Kier alpha value is -1.38. The molecular formula is C16H22ClN5OS2. The van der Waals surface area contributed by atoms with Crippen LogP contribution in [0.2, 0.25) is 5.02 Å². The van der Waals surface area contributed by atoms with E-state index in [2.05, 4.69) is 10.2 Å². The molecule has 0 radical (unpaired) electrons. The van der Waals surface area contributed by atoms with Gasteiger partial charge in [0.25, 0.3) is 0 Å². The number of nitrogen functional groups attached to an aromatic ring is 1. The molecule has 9 heteroatoms. The SMILES string of the molecule is CCN(CC)C(=O)CSc1nnc(SCCc2ccccc2Cl)n1N. The minimum atomic E-state index is 0.0749. The minimum Gasteiger partial charge on any atom is -0.343 e. The summed E-state index contributed by atoms with van der Waals surface area (Å²) in [7, 11) is 0. The fourth-order valence-corrected chi connectivity index (χ4v) is 4.08. The van der Waals surface area contributed by atoms with Crippen LogP contribution in [0, 0.1) is 0 Å². The highest BCUT2D eigenvalue weighted by Gasteiger charge is 2.15. The topological polar surface area (TPSA) is 77.0 Å². The van der Waals surface area contributed by atoms with Crippen LogP contribution >= 0.6 is 35.1 Å². The van der Waals surface area contributed by atoms with Gasteiger partial charge >= 0.3 is 0 Å². The van der Waals surface area contributed by atoms with E-state index in [1.54, 1.807) is 4.90 Å². The maximum atomic E-state index is 12.0. The number of hydrogen-bond donors (Lipinski definition) is 1. The van der Waals surface area contributed by atoms with Crippen molar-refractivity contribution < 1.29 is 4.79 Å². The average Bonchev–Trinajstić information content (AvgIpc) is 2.96. The highest BCUT2D eigenvalue weighted by atomic mass is 35.5. The van der Waals surface area contributed by atoms with Gasteiger partial charge in [0.05, 0.1) is 5.75 Å². The highest BCUT2D eigenvalue weighted by Crippen LogP contribution is 2.23. The van der Waals surface area contributed by atoms with Crippen molar-refractivity contribution in [1.82, 2.24) is 19.8 Å². The maximum Gasteiger partial charge on any atom is 0.233 e. The third-order valence-corrected chi connectivity index (χ3v) is 5.88. The van der Waals surface area contributed by atoms with E-state index in [1.807, 2.05) is 38.1 Å². The number of nitrogens with zero attached hydrogens (tertiary/aromatic N) is 4. The molecule has 136 valence electrons. The molecule has 0 aliphatic rings. The number of carbonyl (C=O) groups excluding carboxylic acids is 1. The molecule has 0 unspecified atom stereocenters.